The van der Waals surface area contributed by atoms with Crippen molar-refractivity contribution in [3.8, 4) is 5.75 Å². The molecule has 148 valence electrons. The highest BCUT2D eigenvalue weighted by Gasteiger charge is 2.20. The number of nitrogens with one attached hydrogen (secondary N) is 2. The Balaban J connectivity index is 2.07. The maximum atomic E-state index is 15.3. The lowest BCUT2D eigenvalue weighted by atomic mass is 10.1. The third-order valence-electron chi connectivity index (χ3n) is 4.18. The maximum Gasteiger partial charge on any atom is 0.511 e. The normalized spacial score (nSPS) is 11.2. The maximum absolute atomic E-state index is 15.3. The number of benzene rings is 2. The van der Waals surface area contributed by atoms with Gasteiger partial charge in [-0.15, -0.1) is 0 Å². The zero-order valence-electron chi connectivity index (χ0n) is 15.6. The Morgan fingerprint density at radius 2 is 2.14 bits per heavy atom. The number of imidazole rings is 1. The van der Waals surface area contributed by atoms with E-state index in [0.717, 1.165) is 15.7 Å². The molecule has 2 aromatic carbocycles. The van der Waals surface area contributed by atoms with E-state index in [4.69, 9.17) is 9.84 Å². The summed E-state index contributed by atoms with van der Waals surface area (Å²) in [5.41, 5.74) is 2.01. The highest BCUT2D eigenvalue weighted by Crippen LogP contribution is 2.36. The van der Waals surface area contributed by atoms with Gasteiger partial charge in [0.05, 0.1) is 5.52 Å². The van der Waals surface area contributed by atoms with Crippen molar-refractivity contribution in [2.24, 2.45) is 0 Å². The topological polar surface area (TPSA) is 90.5 Å². The number of hydrogen-bond acceptors (Lipinski definition) is 5. The molecule has 0 aliphatic rings. The number of aromatic nitrogens is 2. The van der Waals surface area contributed by atoms with Crippen molar-refractivity contribution < 1.29 is 19.0 Å². The molecule has 0 amide bonds. The van der Waals surface area contributed by atoms with Crippen LogP contribution >= 0.6 is 22.6 Å². The van der Waals surface area contributed by atoms with Gasteiger partial charge in [0.15, 0.2) is 11.6 Å². The van der Waals surface area contributed by atoms with Crippen molar-refractivity contribution in [1.29, 1.82) is 0 Å². The first-order valence-corrected chi connectivity index (χ1v) is 9.62. The molecule has 0 radical (unpaired) electrons. The third-order valence-corrected chi connectivity index (χ3v) is 4.85. The van der Waals surface area contributed by atoms with Crippen LogP contribution in [0, 0.1) is 16.3 Å². The summed E-state index contributed by atoms with van der Waals surface area (Å²) in [6.07, 6.45) is -0.917. The minimum Gasteiger partial charge on any atom is -0.449 e. The Morgan fingerprint density at radius 1 is 1.39 bits per heavy atom. The Bertz CT molecular complexity index is 1040. The van der Waals surface area contributed by atoms with Crippen molar-refractivity contribution in [2.75, 3.05) is 26.0 Å². The van der Waals surface area contributed by atoms with Gasteiger partial charge in [-0.3, -0.25) is 0 Å². The van der Waals surface area contributed by atoms with Gasteiger partial charge >= 0.3 is 6.16 Å². The summed E-state index contributed by atoms with van der Waals surface area (Å²) in [5.74, 6) is -0.164. The Labute approximate surface area is 175 Å². The number of ether oxygens (including phenoxy) is 1. The lowest BCUT2D eigenvalue weighted by Crippen LogP contribution is -2.15. The van der Waals surface area contributed by atoms with Gasteiger partial charge in [0.1, 0.15) is 17.0 Å². The summed E-state index contributed by atoms with van der Waals surface area (Å²) in [6, 6.07) is 7.04. The van der Waals surface area contributed by atoms with Crippen LogP contribution in [0.15, 0.2) is 24.3 Å². The van der Waals surface area contributed by atoms with E-state index in [1.54, 1.807) is 6.07 Å². The smallest absolute Gasteiger partial charge is 0.449 e. The summed E-state index contributed by atoms with van der Waals surface area (Å²) in [7, 11) is 3.88. The van der Waals surface area contributed by atoms with Gasteiger partial charge in [-0.2, -0.15) is 0 Å². The van der Waals surface area contributed by atoms with Crippen LogP contribution in [0.3, 0.4) is 0 Å². The van der Waals surface area contributed by atoms with Crippen molar-refractivity contribution in [3.05, 3.63) is 45.0 Å². The number of hydrogen-bond donors (Lipinski definition) is 3. The quantitative estimate of drug-likeness (QED) is 0.263. The number of halogens is 2. The minimum atomic E-state index is -1.52. The second-order valence-electron chi connectivity index (χ2n) is 6.65. The van der Waals surface area contributed by atoms with E-state index in [0.29, 0.717) is 23.4 Å². The van der Waals surface area contributed by atoms with Gasteiger partial charge < -0.3 is 25.0 Å². The van der Waals surface area contributed by atoms with Crippen LogP contribution in [0.5, 0.6) is 5.75 Å². The summed E-state index contributed by atoms with van der Waals surface area (Å²) in [4.78, 5) is 20.5. The molecule has 0 aliphatic heterocycles. The molecule has 28 heavy (non-hydrogen) atoms. The van der Waals surface area contributed by atoms with Crippen molar-refractivity contribution >= 4 is 51.2 Å². The molecule has 0 spiro atoms. The molecule has 1 aromatic heterocycles. The zero-order valence-corrected chi connectivity index (χ0v) is 17.8. The second kappa shape index (κ2) is 8.31. The van der Waals surface area contributed by atoms with Gasteiger partial charge in [0, 0.05) is 28.3 Å². The SMILES string of the molecule is Cc1cc(I)ccc1Nc1c(OC(=O)O)cc2nc(CCN(C)C)[nH]c2c1F. The number of aromatic amines is 1. The molecule has 3 aromatic rings. The number of nitrogens with zero attached hydrogens (tertiary/aromatic N) is 2. The molecule has 0 atom stereocenters. The fourth-order valence-corrected chi connectivity index (χ4v) is 3.43. The van der Waals surface area contributed by atoms with Crippen LogP contribution in [0.4, 0.5) is 20.6 Å². The van der Waals surface area contributed by atoms with Crippen molar-refractivity contribution in [3.63, 3.8) is 0 Å². The monoisotopic (exact) mass is 498 g/mol. The number of likely N-dealkylation sites (N-methyl/N-ethyl adjacent to an activating group) is 1. The molecular weight excluding hydrogens is 478 g/mol. The standard InChI is InChI=1S/C19H20FIN4O3/c1-10-8-11(21)4-5-12(10)23-18-14(28-19(26)27)9-13-17(16(18)20)24-15(22-13)6-7-25(2)3/h4-5,8-9,23H,6-7H2,1-3H3,(H,22,24)(H,26,27). The Hall–Kier alpha value is -2.40. The predicted molar refractivity (Wildman–Crippen MR) is 114 cm³/mol. The molecular formula is C19H20FIN4O3. The highest BCUT2D eigenvalue weighted by molar-refractivity contribution is 14.1. The molecule has 0 aliphatic carbocycles. The first kappa shape index (κ1) is 20.3. The number of carbonyl (C=O) groups is 1. The first-order chi connectivity index (χ1) is 13.2. The van der Waals surface area contributed by atoms with Gasteiger partial charge in [0.25, 0.3) is 0 Å². The number of H-pyrrole nitrogens is 1. The number of fused-ring (bicyclic) bond motifs is 1. The summed E-state index contributed by atoms with van der Waals surface area (Å²) in [6.45, 7) is 2.63. The van der Waals surface area contributed by atoms with Crippen molar-refractivity contribution in [2.45, 2.75) is 13.3 Å². The second-order valence-corrected chi connectivity index (χ2v) is 7.89. The molecule has 7 nitrogen and oxygen atoms in total. The molecule has 0 fully saturated rings. The van der Waals surface area contributed by atoms with Crippen LogP contribution in [0.2, 0.25) is 0 Å². The molecule has 3 N–H and O–H groups in total. The summed E-state index contributed by atoms with van der Waals surface area (Å²) in [5, 5.41) is 12.0. The molecule has 0 bridgehead atoms. The number of rotatable bonds is 6. The molecule has 3 rings (SSSR count). The molecule has 0 saturated heterocycles. The summed E-state index contributed by atoms with van der Waals surface area (Å²) < 4.78 is 21.1. The number of aryl methyl sites for hydroxylation is 1. The van der Waals surface area contributed by atoms with E-state index in [9.17, 15) is 4.79 Å². The van der Waals surface area contributed by atoms with E-state index in [1.165, 1.54) is 6.07 Å². The lowest BCUT2D eigenvalue weighted by molar-refractivity contribution is 0.144. The predicted octanol–water partition coefficient (Wildman–Crippen LogP) is 4.52. The fourth-order valence-electron chi connectivity index (χ4n) is 2.78. The van der Waals surface area contributed by atoms with E-state index >= 15 is 4.39 Å². The minimum absolute atomic E-state index is 0.0537. The highest BCUT2D eigenvalue weighted by atomic mass is 127. The average Bonchev–Trinajstić information content (AvgIpc) is 3.01. The molecule has 9 heteroatoms. The van der Waals surface area contributed by atoms with Crippen LogP contribution < -0.4 is 10.1 Å². The third kappa shape index (κ3) is 4.53. The van der Waals surface area contributed by atoms with Crippen LogP contribution in [0.1, 0.15) is 11.4 Å². The lowest BCUT2D eigenvalue weighted by Gasteiger charge is -2.14. The Kier molecular flexibility index (Phi) is 6.04. The number of anilines is 2. The Morgan fingerprint density at radius 3 is 2.79 bits per heavy atom. The van der Waals surface area contributed by atoms with E-state index in [2.05, 4.69) is 37.9 Å². The van der Waals surface area contributed by atoms with Crippen LogP contribution in [-0.4, -0.2) is 46.8 Å². The molecule has 1 heterocycles. The first-order valence-electron chi connectivity index (χ1n) is 8.54. The van der Waals surface area contributed by atoms with Crippen LogP contribution in [-0.2, 0) is 6.42 Å². The molecule has 0 saturated carbocycles. The van der Waals surface area contributed by atoms with Gasteiger partial charge in [-0.1, -0.05) is 0 Å². The zero-order chi connectivity index (χ0) is 20.4. The average molecular weight is 498 g/mol. The van der Waals surface area contributed by atoms with Crippen molar-refractivity contribution in [1.82, 2.24) is 14.9 Å². The summed E-state index contributed by atoms with van der Waals surface area (Å²) >= 11 is 2.19. The fraction of sp³-hybridized carbons (Fsp3) is 0.263. The largest absolute Gasteiger partial charge is 0.511 e. The van der Waals surface area contributed by atoms with Gasteiger partial charge in [-0.05, 0) is 67.4 Å². The van der Waals surface area contributed by atoms with E-state index in [-0.39, 0.29) is 17.0 Å². The van der Waals surface area contributed by atoms with Gasteiger partial charge in [0.2, 0.25) is 0 Å². The van der Waals surface area contributed by atoms with E-state index in [1.807, 2.05) is 38.1 Å². The van der Waals surface area contributed by atoms with Crippen LogP contribution in [0.25, 0.3) is 11.0 Å². The molecule has 0 unspecified atom stereocenters. The van der Waals surface area contributed by atoms with E-state index < -0.39 is 12.0 Å². The number of carboxylic acid groups (broad SMARTS) is 1. The van der Waals surface area contributed by atoms with Gasteiger partial charge in [-0.25, -0.2) is 14.2 Å².